The lowest BCUT2D eigenvalue weighted by molar-refractivity contribution is 0.241. The molecule has 0 unspecified atom stereocenters. The van der Waals surface area contributed by atoms with Crippen LogP contribution >= 0.6 is 11.6 Å². The zero-order valence-corrected chi connectivity index (χ0v) is 20.0. The van der Waals surface area contributed by atoms with Crippen LogP contribution < -0.4 is 10.5 Å². The molecular formula is C27H30ClN3O3. The number of nitrogens with zero attached hydrogens (tertiary/aromatic N) is 3. The number of hydrogen-bond donors (Lipinski definition) is 1. The third-order valence-electron chi connectivity index (χ3n) is 7.01. The van der Waals surface area contributed by atoms with Gasteiger partial charge in [-0.15, -0.1) is 0 Å². The van der Waals surface area contributed by atoms with E-state index in [1.54, 1.807) is 0 Å². The number of benzene rings is 2. The van der Waals surface area contributed by atoms with Gasteiger partial charge in [-0.05, 0) is 42.6 Å². The Kier molecular flexibility index (Phi) is 6.90. The highest BCUT2D eigenvalue weighted by atomic mass is 35.5. The highest BCUT2D eigenvalue weighted by molar-refractivity contribution is 6.30. The van der Waals surface area contributed by atoms with Gasteiger partial charge in [-0.25, -0.2) is 4.79 Å². The molecule has 0 radical (unpaired) electrons. The van der Waals surface area contributed by atoms with Gasteiger partial charge in [0.2, 0.25) is 0 Å². The van der Waals surface area contributed by atoms with E-state index < -0.39 is 5.63 Å². The maximum absolute atomic E-state index is 12.5. The van der Waals surface area contributed by atoms with Crippen molar-refractivity contribution in [3.63, 3.8) is 0 Å². The standard InChI is InChI=1S/C27H30ClN3O3/c28-23-7-4-8-24(15-23)31-13-11-29(12-14-31)17-22-19-34-27(33)25(26(22)32)18-30-10-9-21(16-30)20-5-2-1-3-6-20/h1-8,15,19,21,32H,9-14,16-18H2/t21-/m1/s1. The minimum Gasteiger partial charge on any atom is -0.507 e. The summed E-state index contributed by atoms with van der Waals surface area (Å²) in [5.74, 6) is 0.533. The van der Waals surface area contributed by atoms with Crippen molar-refractivity contribution in [1.29, 1.82) is 0 Å². The van der Waals surface area contributed by atoms with Gasteiger partial charge in [0.25, 0.3) is 0 Å². The zero-order valence-electron chi connectivity index (χ0n) is 19.2. The van der Waals surface area contributed by atoms with Gasteiger partial charge in [0.1, 0.15) is 12.0 Å². The summed E-state index contributed by atoms with van der Waals surface area (Å²) in [7, 11) is 0. The summed E-state index contributed by atoms with van der Waals surface area (Å²) in [5, 5.41) is 11.7. The molecule has 1 N–H and O–H groups in total. The van der Waals surface area contributed by atoms with Crippen LogP contribution in [-0.2, 0) is 13.1 Å². The molecule has 2 aliphatic rings. The van der Waals surface area contributed by atoms with Crippen LogP contribution in [0.15, 0.2) is 70.1 Å². The Labute approximate surface area is 205 Å². The minimum absolute atomic E-state index is 0.0803. The Bertz CT molecular complexity index is 1180. The number of halogens is 1. The first kappa shape index (κ1) is 23.0. The molecule has 1 aromatic heterocycles. The summed E-state index contributed by atoms with van der Waals surface area (Å²) < 4.78 is 5.34. The summed E-state index contributed by atoms with van der Waals surface area (Å²) in [6.07, 6.45) is 2.47. The molecule has 3 aromatic rings. The molecule has 0 saturated carbocycles. The zero-order chi connectivity index (χ0) is 23.5. The number of piperazine rings is 1. The summed E-state index contributed by atoms with van der Waals surface area (Å²) in [4.78, 5) is 19.3. The Morgan fingerprint density at radius 2 is 1.74 bits per heavy atom. The highest BCUT2D eigenvalue weighted by Gasteiger charge is 2.27. The molecule has 1 atom stereocenters. The second-order valence-electron chi connectivity index (χ2n) is 9.25. The average molecular weight is 480 g/mol. The van der Waals surface area contributed by atoms with E-state index in [2.05, 4.69) is 45.0 Å². The smallest absolute Gasteiger partial charge is 0.343 e. The van der Waals surface area contributed by atoms with Crippen molar-refractivity contribution in [2.75, 3.05) is 44.2 Å². The van der Waals surface area contributed by atoms with Crippen LogP contribution in [-0.4, -0.2) is 54.2 Å². The summed E-state index contributed by atoms with van der Waals surface area (Å²) >= 11 is 6.14. The molecule has 2 aliphatic heterocycles. The van der Waals surface area contributed by atoms with Crippen LogP contribution in [0.5, 0.6) is 5.75 Å². The fourth-order valence-electron chi connectivity index (χ4n) is 5.07. The maximum atomic E-state index is 12.5. The van der Waals surface area contributed by atoms with Gasteiger partial charge in [-0.3, -0.25) is 9.80 Å². The van der Waals surface area contributed by atoms with Crippen molar-refractivity contribution in [2.45, 2.75) is 25.4 Å². The van der Waals surface area contributed by atoms with E-state index in [1.807, 2.05) is 24.3 Å². The van der Waals surface area contributed by atoms with Gasteiger partial charge in [-0.1, -0.05) is 48.0 Å². The second-order valence-corrected chi connectivity index (χ2v) is 9.69. The lowest BCUT2D eigenvalue weighted by atomic mass is 9.99. The molecule has 178 valence electrons. The predicted octanol–water partition coefficient (Wildman–Crippen LogP) is 4.31. The lowest BCUT2D eigenvalue weighted by Gasteiger charge is -2.36. The van der Waals surface area contributed by atoms with E-state index in [0.29, 0.717) is 30.1 Å². The number of aromatic hydroxyl groups is 1. The SMILES string of the molecule is O=c1occ(CN2CCN(c3cccc(Cl)c3)CC2)c(O)c1CN1CC[C@@H](c2ccccc2)C1. The monoisotopic (exact) mass is 479 g/mol. The first-order valence-electron chi connectivity index (χ1n) is 11.9. The fourth-order valence-corrected chi connectivity index (χ4v) is 5.25. The average Bonchev–Trinajstić information content (AvgIpc) is 3.33. The predicted molar refractivity (Wildman–Crippen MR) is 135 cm³/mol. The second kappa shape index (κ2) is 10.2. The van der Waals surface area contributed by atoms with Crippen molar-refractivity contribution in [3.05, 3.63) is 93.0 Å². The Morgan fingerprint density at radius 1 is 0.941 bits per heavy atom. The highest BCUT2D eigenvalue weighted by Crippen LogP contribution is 2.30. The number of likely N-dealkylation sites (tertiary alicyclic amines) is 1. The molecule has 2 aromatic carbocycles. The summed E-state index contributed by atoms with van der Waals surface area (Å²) in [6.45, 7) is 6.19. The normalized spacial score (nSPS) is 19.6. The van der Waals surface area contributed by atoms with Crippen molar-refractivity contribution in [2.24, 2.45) is 0 Å². The number of hydrogen-bond acceptors (Lipinski definition) is 6. The molecule has 3 heterocycles. The molecule has 0 aliphatic carbocycles. The van der Waals surface area contributed by atoms with Crippen LogP contribution in [0.3, 0.4) is 0 Å². The van der Waals surface area contributed by atoms with E-state index in [0.717, 1.165) is 56.4 Å². The lowest BCUT2D eigenvalue weighted by Crippen LogP contribution is -2.46. The Morgan fingerprint density at radius 3 is 2.50 bits per heavy atom. The number of rotatable bonds is 6. The molecule has 6 nitrogen and oxygen atoms in total. The maximum Gasteiger partial charge on any atom is 0.343 e. The molecule has 0 spiro atoms. The minimum atomic E-state index is -0.449. The van der Waals surface area contributed by atoms with Crippen molar-refractivity contribution in [3.8, 4) is 5.75 Å². The molecule has 2 fully saturated rings. The van der Waals surface area contributed by atoms with Gasteiger partial charge in [0.15, 0.2) is 0 Å². The van der Waals surface area contributed by atoms with E-state index in [-0.39, 0.29) is 5.75 Å². The largest absolute Gasteiger partial charge is 0.507 e. The van der Waals surface area contributed by atoms with Crippen LogP contribution in [0.4, 0.5) is 5.69 Å². The molecule has 5 rings (SSSR count). The van der Waals surface area contributed by atoms with Gasteiger partial charge >= 0.3 is 5.63 Å². The van der Waals surface area contributed by atoms with Crippen molar-refractivity contribution in [1.82, 2.24) is 9.80 Å². The van der Waals surface area contributed by atoms with Gasteiger partial charge in [0, 0.05) is 62.1 Å². The molecule has 34 heavy (non-hydrogen) atoms. The molecule has 2 saturated heterocycles. The van der Waals surface area contributed by atoms with Crippen molar-refractivity contribution < 1.29 is 9.52 Å². The third-order valence-corrected chi connectivity index (χ3v) is 7.24. The van der Waals surface area contributed by atoms with E-state index >= 15 is 0 Å². The van der Waals surface area contributed by atoms with Gasteiger partial charge in [0.05, 0.1) is 5.56 Å². The van der Waals surface area contributed by atoms with E-state index in [1.165, 1.54) is 11.8 Å². The van der Waals surface area contributed by atoms with Crippen molar-refractivity contribution >= 4 is 17.3 Å². The Hall–Kier alpha value is -2.80. The van der Waals surface area contributed by atoms with E-state index in [9.17, 15) is 9.90 Å². The van der Waals surface area contributed by atoms with Crippen LogP contribution in [0.1, 0.15) is 29.0 Å². The van der Waals surface area contributed by atoms with Gasteiger partial charge in [-0.2, -0.15) is 0 Å². The van der Waals surface area contributed by atoms with Crippen LogP contribution in [0.2, 0.25) is 5.02 Å². The quantitative estimate of drug-likeness (QED) is 0.568. The molecule has 7 heteroatoms. The first-order chi connectivity index (χ1) is 16.6. The topological polar surface area (TPSA) is 60.2 Å². The fraction of sp³-hybridized carbons (Fsp3) is 0.370. The molecule has 0 amide bonds. The molecular weight excluding hydrogens is 450 g/mol. The summed E-state index contributed by atoms with van der Waals surface area (Å²) in [6, 6.07) is 18.4. The van der Waals surface area contributed by atoms with Crippen LogP contribution in [0.25, 0.3) is 0 Å². The van der Waals surface area contributed by atoms with E-state index in [4.69, 9.17) is 16.0 Å². The van der Waals surface area contributed by atoms with Crippen LogP contribution in [0, 0.1) is 0 Å². The molecule has 0 bridgehead atoms. The first-order valence-corrected chi connectivity index (χ1v) is 12.3. The number of anilines is 1. The Balaban J connectivity index is 1.21. The van der Waals surface area contributed by atoms with Gasteiger partial charge < -0.3 is 14.4 Å². The third kappa shape index (κ3) is 5.14. The summed E-state index contributed by atoms with van der Waals surface area (Å²) in [5.41, 5.74) is 3.04.